The molecule has 132 valence electrons. The van der Waals surface area contributed by atoms with Gasteiger partial charge in [0.15, 0.2) is 0 Å². The molecule has 1 rings (SSSR count). The summed E-state index contributed by atoms with van der Waals surface area (Å²) < 4.78 is 0. The molecular formula is C18H26N2O4. The fourth-order valence-corrected chi connectivity index (χ4v) is 1.85. The number of hydrogen-bond donors (Lipinski definition) is 3. The number of amides is 2. The maximum absolute atomic E-state index is 12.1. The van der Waals surface area contributed by atoms with Gasteiger partial charge in [0.25, 0.3) is 5.91 Å². The Kier molecular flexibility index (Phi) is 6.51. The van der Waals surface area contributed by atoms with Gasteiger partial charge in [-0.05, 0) is 31.5 Å². The number of carboxylic acids is 1. The summed E-state index contributed by atoms with van der Waals surface area (Å²) in [5, 5.41) is 14.5. The standard InChI is InChI=1S/C18H26N2O4/c1-11(16(22)23)12(2)20-15(21)14-8-6-13(7-9-14)10-19-17(24)18(3,4)5/h6-9,11-12H,10H2,1-5H3,(H,19,24)(H,20,21)(H,22,23). The zero-order valence-corrected chi connectivity index (χ0v) is 14.8. The van der Waals surface area contributed by atoms with E-state index >= 15 is 0 Å². The Hall–Kier alpha value is -2.37. The minimum Gasteiger partial charge on any atom is -0.481 e. The number of benzene rings is 1. The van der Waals surface area contributed by atoms with Gasteiger partial charge in [0, 0.05) is 23.6 Å². The van der Waals surface area contributed by atoms with Crippen molar-refractivity contribution >= 4 is 17.8 Å². The molecule has 0 aliphatic heterocycles. The second-order valence-electron chi connectivity index (χ2n) is 7.02. The van der Waals surface area contributed by atoms with E-state index in [0.717, 1.165) is 5.56 Å². The molecule has 6 nitrogen and oxygen atoms in total. The second-order valence-corrected chi connectivity index (χ2v) is 7.02. The van der Waals surface area contributed by atoms with E-state index in [9.17, 15) is 14.4 Å². The number of nitrogens with one attached hydrogen (secondary N) is 2. The van der Waals surface area contributed by atoms with E-state index in [0.29, 0.717) is 12.1 Å². The van der Waals surface area contributed by atoms with Crippen LogP contribution in [-0.2, 0) is 16.1 Å². The Morgan fingerprint density at radius 3 is 2.08 bits per heavy atom. The van der Waals surface area contributed by atoms with Crippen LogP contribution in [0.15, 0.2) is 24.3 Å². The molecule has 0 heterocycles. The Balaban J connectivity index is 2.62. The van der Waals surface area contributed by atoms with Gasteiger partial charge in [-0.2, -0.15) is 0 Å². The molecule has 6 heteroatoms. The minimum atomic E-state index is -0.951. The van der Waals surface area contributed by atoms with E-state index in [1.165, 1.54) is 0 Å². The maximum Gasteiger partial charge on any atom is 0.308 e. The van der Waals surface area contributed by atoms with Gasteiger partial charge in [-0.1, -0.05) is 32.9 Å². The van der Waals surface area contributed by atoms with Crippen molar-refractivity contribution in [2.45, 2.75) is 47.2 Å². The normalized spacial score (nSPS) is 13.7. The summed E-state index contributed by atoms with van der Waals surface area (Å²) in [6, 6.07) is 6.38. The molecular weight excluding hydrogens is 308 g/mol. The van der Waals surface area contributed by atoms with Crippen LogP contribution in [-0.4, -0.2) is 28.9 Å². The van der Waals surface area contributed by atoms with Crippen molar-refractivity contribution in [1.29, 1.82) is 0 Å². The van der Waals surface area contributed by atoms with Gasteiger partial charge in [0.2, 0.25) is 5.91 Å². The van der Waals surface area contributed by atoms with Crippen LogP contribution in [0.4, 0.5) is 0 Å². The molecule has 2 unspecified atom stereocenters. The molecule has 1 aromatic carbocycles. The zero-order chi connectivity index (χ0) is 18.5. The molecule has 0 saturated carbocycles. The van der Waals surface area contributed by atoms with Crippen molar-refractivity contribution in [3.05, 3.63) is 35.4 Å². The SMILES string of the molecule is CC(NC(=O)c1ccc(CNC(=O)C(C)(C)C)cc1)C(C)C(=O)O. The molecule has 0 spiro atoms. The van der Waals surface area contributed by atoms with Crippen LogP contribution in [0, 0.1) is 11.3 Å². The van der Waals surface area contributed by atoms with Gasteiger partial charge in [-0.15, -0.1) is 0 Å². The lowest BCUT2D eigenvalue weighted by atomic mass is 9.95. The van der Waals surface area contributed by atoms with Crippen molar-refractivity contribution in [2.24, 2.45) is 11.3 Å². The molecule has 1 aromatic rings. The number of carbonyl (C=O) groups excluding carboxylic acids is 2. The first-order chi connectivity index (χ1) is 11.0. The number of hydrogen-bond acceptors (Lipinski definition) is 3. The van der Waals surface area contributed by atoms with E-state index < -0.39 is 23.3 Å². The first-order valence-corrected chi connectivity index (χ1v) is 7.93. The minimum absolute atomic E-state index is 0.0409. The Labute approximate surface area is 142 Å². The topological polar surface area (TPSA) is 95.5 Å². The molecule has 2 atom stereocenters. The lowest BCUT2D eigenvalue weighted by Gasteiger charge is -2.18. The summed E-state index contributed by atoms with van der Waals surface area (Å²) >= 11 is 0. The lowest BCUT2D eigenvalue weighted by Crippen LogP contribution is -2.40. The van der Waals surface area contributed by atoms with Crippen molar-refractivity contribution in [1.82, 2.24) is 10.6 Å². The highest BCUT2D eigenvalue weighted by Gasteiger charge is 2.22. The third-order valence-corrected chi connectivity index (χ3v) is 3.85. The van der Waals surface area contributed by atoms with Gasteiger partial charge in [0.05, 0.1) is 5.92 Å². The van der Waals surface area contributed by atoms with E-state index in [-0.39, 0.29) is 11.8 Å². The second kappa shape index (κ2) is 7.95. The zero-order valence-electron chi connectivity index (χ0n) is 14.8. The van der Waals surface area contributed by atoms with Crippen molar-refractivity contribution in [3.8, 4) is 0 Å². The Morgan fingerprint density at radius 2 is 1.62 bits per heavy atom. The predicted molar refractivity (Wildman–Crippen MR) is 91.5 cm³/mol. The molecule has 0 fully saturated rings. The highest BCUT2D eigenvalue weighted by atomic mass is 16.4. The molecule has 0 aliphatic carbocycles. The first kappa shape index (κ1) is 19.7. The van der Waals surface area contributed by atoms with Gasteiger partial charge >= 0.3 is 5.97 Å². The molecule has 0 radical (unpaired) electrons. The Morgan fingerprint density at radius 1 is 1.08 bits per heavy atom. The average Bonchev–Trinajstić information content (AvgIpc) is 2.50. The van der Waals surface area contributed by atoms with Crippen LogP contribution in [0.3, 0.4) is 0 Å². The largest absolute Gasteiger partial charge is 0.481 e. The summed E-state index contributed by atoms with van der Waals surface area (Å²) in [5.41, 5.74) is 0.887. The van der Waals surface area contributed by atoms with Crippen molar-refractivity contribution < 1.29 is 19.5 Å². The molecule has 2 amide bonds. The number of aliphatic carboxylic acids is 1. The Bertz CT molecular complexity index is 602. The van der Waals surface area contributed by atoms with Gasteiger partial charge in [-0.25, -0.2) is 0 Å². The van der Waals surface area contributed by atoms with E-state index in [1.807, 2.05) is 20.8 Å². The van der Waals surface area contributed by atoms with Crippen LogP contribution >= 0.6 is 0 Å². The summed E-state index contributed by atoms with van der Waals surface area (Å²) in [5.74, 6) is -1.98. The monoisotopic (exact) mass is 334 g/mol. The third kappa shape index (κ3) is 5.68. The molecule has 0 aliphatic rings. The van der Waals surface area contributed by atoms with E-state index in [4.69, 9.17) is 5.11 Å². The van der Waals surface area contributed by atoms with E-state index in [1.54, 1.807) is 38.1 Å². The smallest absolute Gasteiger partial charge is 0.308 e. The molecule has 0 saturated heterocycles. The van der Waals surface area contributed by atoms with Gasteiger partial charge < -0.3 is 15.7 Å². The number of rotatable bonds is 6. The van der Waals surface area contributed by atoms with Gasteiger partial charge in [-0.3, -0.25) is 14.4 Å². The average molecular weight is 334 g/mol. The highest BCUT2D eigenvalue weighted by Crippen LogP contribution is 2.13. The summed E-state index contributed by atoms with van der Waals surface area (Å²) in [7, 11) is 0. The summed E-state index contributed by atoms with van der Waals surface area (Å²) in [6.45, 7) is 9.13. The van der Waals surface area contributed by atoms with E-state index in [2.05, 4.69) is 10.6 Å². The van der Waals surface area contributed by atoms with Crippen LogP contribution < -0.4 is 10.6 Å². The number of carboxylic acid groups (broad SMARTS) is 1. The van der Waals surface area contributed by atoms with Crippen LogP contribution in [0.25, 0.3) is 0 Å². The fraction of sp³-hybridized carbons (Fsp3) is 0.500. The van der Waals surface area contributed by atoms with Crippen LogP contribution in [0.2, 0.25) is 0 Å². The van der Waals surface area contributed by atoms with Gasteiger partial charge in [0.1, 0.15) is 0 Å². The fourth-order valence-electron chi connectivity index (χ4n) is 1.85. The van der Waals surface area contributed by atoms with Crippen molar-refractivity contribution in [2.75, 3.05) is 0 Å². The van der Waals surface area contributed by atoms with Crippen LogP contribution in [0.5, 0.6) is 0 Å². The molecule has 0 aromatic heterocycles. The highest BCUT2D eigenvalue weighted by molar-refractivity contribution is 5.94. The predicted octanol–water partition coefficient (Wildman–Crippen LogP) is 2.19. The first-order valence-electron chi connectivity index (χ1n) is 7.93. The molecule has 24 heavy (non-hydrogen) atoms. The third-order valence-electron chi connectivity index (χ3n) is 3.85. The quantitative estimate of drug-likeness (QED) is 0.743. The summed E-state index contributed by atoms with van der Waals surface area (Å²) in [6.07, 6.45) is 0. The lowest BCUT2D eigenvalue weighted by molar-refractivity contribution is -0.141. The van der Waals surface area contributed by atoms with Crippen molar-refractivity contribution in [3.63, 3.8) is 0 Å². The number of carbonyl (C=O) groups is 3. The summed E-state index contributed by atoms with van der Waals surface area (Å²) in [4.78, 5) is 34.9. The van der Waals surface area contributed by atoms with Crippen LogP contribution in [0.1, 0.15) is 50.5 Å². The maximum atomic E-state index is 12.1. The molecule has 0 bridgehead atoms. The molecule has 3 N–H and O–H groups in total.